The molecular formula is C13H25NO2. The number of hydrogen-bond donors (Lipinski definition) is 1. The Morgan fingerprint density at radius 3 is 2.56 bits per heavy atom. The van der Waals surface area contributed by atoms with Crippen molar-refractivity contribution in [1.82, 2.24) is 5.32 Å². The van der Waals surface area contributed by atoms with Gasteiger partial charge < -0.3 is 10.1 Å². The maximum Gasteiger partial charge on any atom is 0.322 e. The molecule has 0 aliphatic heterocycles. The van der Waals surface area contributed by atoms with Crippen LogP contribution in [0.2, 0.25) is 0 Å². The molecule has 1 rings (SSSR count). The lowest BCUT2D eigenvalue weighted by Crippen LogP contribution is -2.47. The monoisotopic (exact) mass is 227 g/mol. The second kappa shape index (κ2) is 5.17. The van der Waals surface area contributed by atoms with Gasteiger partial charge in [0.2, 0.25) is 0 Å². The van der Waals surface area contributed by atoms with Crippen LogP contribution in [0.15, 0.2) is 0 Å². The largest absolute Gasteiger partial charge is 0.468 e. The Bertz CT molecular complexity index is 250. The van der Waals surface area contributed by atoms with Gasteiger partial charge in [-0.2, -0.15) is 0 Å². The second-order valence-electron chi connectivity index (χ2n) is 6.02. The van der Waals surface area contributed by atoms with Gasteiger partial charge in [-0.1, -0.05) is 20.8 Å². The summed E-state index contributed by atoms with van der Waals surface area (Å²) >= 11 is 0. The third-order valence-electron chi connectivity index (χ3n) is 3.43. The third kappa shape index (κ3) is 3.78. The molecular weight excluding hydrogens is 202 g/mol. The minimum absolute atomic E-state index is 0.170. The van der Waals surface area contributed by atoms with Gasteiger partial charge >= 0.3 is 5.97 Å². The van der Waals surface area contributed by atoms with E-state index in [-0.39, 0.29) is 12.0 Å². The predicted octanol–water partition coefficient (Wildman–Crippen LogP) is 2.35. The van der Waals surface area contributed by atoms with E-state index in [1.165, 1.54) is 13.5 Å². The molecule has 16 heavy (non-hydrogen) atoms. The van der Waals surface area contributed by atoms with Crippen molar-refractivity contribution in [3.05, 3.63) is 0 Å². The topological polar surface area (TPSA) is 38.3 Å². The zero-order chi connectivity index (χ0) is 12.3. The van der Waals surface area contributed by atoms with E-state index in [1.807, 2.05) is 6.92 Å². The van der Waals surface area contributed by atoms with Gasteiger partial charge in [0.1, 0.15) is 6.04 Å². The predicted molar refractivity (Wildman–Crippen MR) is 65.2 cm³/mol. The molecule has 1 aliphatic rings. The first kappa shape index (κ1) is 13.5. The van der Waals surface area contributed by atoms with E-state index in [2.05, 4.69) is 26.1 Å². The number of esters is 1. The van der Waals surface area contributed by atoms with Crippen LogP contribution >= 0.6 is 0 Å². The average Bonchev–Trinajstić information content (AvgIpc) is 2.12. The Morgan fingerprint density at radius 2 is 2.06 bits per heavy atom. The highest BCUT2D eigenvalue weighted by Gasteiger charge is 2.33. The van der Waals surface area contributed by atoms with Crippen LogP contribution in [0.4, 0.5) is 0 Å². The first-order chi connectivity index (χ1) is 7.34. The van der Waals surface area contributed by atoms with E-state index in [0.29, 0.717) is 11.5 Å². The first-order valence-corrected chi connectivity index (χ1v) is 6.18. The molecule has 0 amide bonds. The van der Waals surface area contributed by atoms with Crippen molar-refractivity contribution in [2.45, 2.75) is 59.0 Å². The van der Waals surface area contributed by atoms with E-state index in [0.717, 1.165) is 18.8 Å². The van der Waals surface area contributed by atoms with Crippen LogP contribution in [0.25, 0.3) is 0 Å². The summed E-state index contributed by atoms with van der Waals surface area (Å²) < 4.78 is 4.73. The van der Waals surface area contributed by atoms with E-state index >= 15 is 0 Å². The molecule has 0 spiro atoms. The summed E-state index contributed by atoms with van der Waals surface area (Å²) in [6, 6.07) is 0.240. The van der Waals surface area contributed by atoms with E-state index < -0.39 is 0 Å². The number of methoxy groups -OCH3 is 1. The fraction of sp³-hybridized carbons (Fsp3) is 0.923. The Labute approximate surface area is 98.9 Å². The Balaban J connectivity index is 2.51. The standard InChI is InChI=1S/C13H25NO2/c1-9-6-11(8-13(3,4)7-9)14-10(2)12(15)16-5/h9-11,14H,6-8H2,1-5H3. The minimum Gasteiger partial charge on any atom is -0.468 e. The highest BCUT2D eigenvalue weighted by atomic mass is 16.5. The lowest BCUT2D eigenvalue weighted by atomic mass is 9.70. The summed E-state index contributed by atoms with van der Waals surface area (Å²) in [6.45, 7) is 8.77. The van der Waals surface area contributed by atoms with Crippen molar-refractivity contribution in [1.29, 1.82) is 0 Å². The van der Waals surface area contributed by atoms with Gasteiger partial charge in [0.25, 0.3) is 0 Å². The van der Waals surface area contributed by atoms with E-state index in [9.17, 15) is 4.79 Å². The van der Waals surface area contributed by atoms with Crippen molar-refractivity contribution in [3.63, 3.8) is 0 Å². The molecule has 94 valence electrons. The molecule has 0 heterocycles. The molecule has 0 aromatic carbocycles. The zero-order valence-electron chi connectivity index (χ0n) is 11.2. The van der Waals surface area contributed by atoms with Crippen molar-refractivity contribution in [2.75, 3.05) is 7.11 Å². The molecule has 0 saturated heterocycles. The SMILES string of the molecule is COC(=O)C(C)NC1CC(C)CC(C)(C)C1. The van der Waals surface area contributed by atoms with Crippen LogP contribution in [-0.4, -0.2) is 25.2 Å². The fourth-order valence-corrected chi connectivity index (χ4v) is 3.07. The van der Waals surface area contributed by atoms with Gasteiger partial charge in [0, 0.05) is 6.04 Å². The summed E-state index contributed by atoms with van der Waals surface area (Å²) in [6.07, 6.45) is 3.57. The second-order valence-corrected chi connectivity index (χ2v) is 6.02. The number of carbonyl (C=O) groups is 1. The minimum atomic E-state index is -0.198. The lowest BCUT2D eigenvalue weighted by Gasteiger charge is -2.40. The van der Waals surface area contributed by atoms with Crippen molar-refractivity contribution in [2.24, 2.45) is 11.3 Å². The molecule has 0 bridgehead atoms. The zero-order valence-corrected chi connectivity index (χ0v) is 11.2. The van der Waals surface area contributed by atoms with Gasteiger partial charge in [0.05, 0.1) is 7.11 Å². The van der Waals surface area contributed by atoms with Gasteiger partial charge in [-0.05, 0) is 37.5 Å². The van der Waals surface area contributed by atoms with Crippen LogP contribution in [0.3, 0.4) is 0 Å². The number of rotatable bonds is 3. The highest BCUT2D eigenvalue weighted by molar-refractivity contribution is 5.75. The first-order valence-electron chi connectivity index (χ1n) is 6.18. The van der Waals surface area contributed by atoms with Crippen LogP contribution < -0.4 is 5.32 Å². The molecule has 1 saturated carbocycles. The number of nitrogens with one attached hydrogen (secondary N) is 1. The smallest absolute Gasteiger partial charge is 0.322 e. The van der Waals surface area contributed by atoms with Crippen LogP contribution in [0.1, 0.15) is 47.0 Å². The van der Waals surface area contributed by atoms with Crippen molar-refractivity contribution < 1.29 is 9.53 Å². The summed E-state index contributed by atoms with van der Waals surface area (Å²) in [5.41, 5.74) is 0.380. The van der Waals surface area contributed by atoms with Crippen LogP contribution in [0, 0.1) is 11.3 Å². The number of hydrogen-bond acceptors (Lipinski definition) is 3. The van der Waals surface area contributed by atoms with Gasteiger partial charge in [-0.15, -0.1) is 0 Å². The van der Waals surface area contributed by atoms with Crippen LogP contribution in [-0.2, 0) is 9.53 Å². The maximum atomic E-state index is 11.3. The molecule has 0 aromatic rings. The Hall–Kier alpha value is -0.570. The molecule has 1 N–H and O–H groups in total. The number of ether oxygens (including phenoxy) is 1. The highest BCUT2D eigenvalue weighted by Crippen LogP contribution is 2.38. The Morgan fingerprint density at radius 1 is 1.44 bits per heavy atom. The summed E-state index contributed by atoms with van der Waals surface area (Å²) in [5, 5.41) is 3.38. The molecule has 3 unspecified atom stereocenters. The summed E-state index contributed by atoms with van der Waals surface area (Å²) in [5.74, 6) is 0.558. The molecule has 3 heteroatoms. The van der Waals surface area contributed by atoms with E-state index in [1.54, 1.807) is 0 Å². The summed E-state index contributed by atoms with van der Waals surface area (Å²) in [7, 11) is 1.44. The fourth-order valence-electron chi connectivity index (χ4n) is 3.07. The molecule has 3 atom stereocenters. The Kier molecular flexibility index (Phi) is 4.36. The average molecular weight is 227 g/mol. The number of carbonyl (C=O) groups excluding carboxylic acids is 1. The molecule has 1 aliphatic carbocycles. The summed E-state index contributed by atoms with van der Waals surface area (Å²) in [4.78, 5) is 11.3. The van der Waals surface area contributed by atoms with Gasteiger partial charge in [-0.25, -0.2) is 0 Å². The van der Waals surface area contributed by atoms with Gasteiger partial charge in [-0.3, -0.25) is 4.79 Å². The normalized spacial score (nSPS) is 30.8. The quantitative estimate of drug-likeness (QED) is 0.752. The molecule has 3 nitrogen and oxygen atoms in total. The third-order valence-corrected chi connectivity index (χ3v) is 3.43. The van der Waals surface area contributed by atoms with Crippen molar-refractivity contribution >= 4 is 5.97 Å². The van der Waals surface area contributed by atoms with Crippen LogP contribution in [0.5, 0.6) is 0 Å². The lowest BCUT2D eigenvalue weighted by molar-refractivity contribution is -0.143. The van der Waals surface area contributed by atoms with E-state index in [4.69, 9.17) is 4.74 Å². The van der Waals surface area contributed by atoms with Crippen molar-refractivity contribution in [3.8, 4) is 0 Å². The molecule has 0 aromatic heterocycles. The maximum absolute atomic E-state index is 11.3. The van der Waals surface area contributed by atoms with Gasteiger partial charge in [0.15, 0.2) is 0 Å². The molecule has 0 radical (unpaired) electrons. The molecule has 1 fully saturated rings.